The number of methoxy groups -OCH3 is 1. The molecule has 7 heteroatoms. The summed E-state index contributed by atoms with van der Waals surface area (Å²) in [5, 5.41) is 5.93. The van der Waals surface area contributed by atoms with Gasteiger partial charge in [-0.2, -0.15) is 0 Å². The molecule has 1 aromatic rings. The third-order valence-electron chi connectivity index (χ3n) is 5.82. The molecular formula is C21H31N3O4. The average Bonchev–Trinajstić information content (AvgIpc) is 3.27. The van der Waals surface area contributed by atoms with Gasteiger partial charge in [0.1, 0.15) is 5.75 Å². The second kappa shape index (κ2) is 9.78. The molecule has 2 aliphatic rings. The molecule has 1 aromatic carbocycles. The van der Waals surface area contributed by atoms with E-state index in [1.807, 2.05) is 36.2 Å². The van der Waals surface area contributed by atoms with Crippen LogP contribution < -0.4 is 15.4 Å². The number of benzene rings is 1. The van der Waals surface area contributed by atoms with Crippen LogP contribution in [-0.4, -0.2) is 56.3 Å². The van der Waals surface area contributed by atoms with Gasteiger partial charge >= 0.3 is 6.03 Å². The van der Waals surface area contributed by atoms with Gasteiger partial charge in [-0.15, -0.1) is 0 Å². The Bertz CT molecular complexity index is 650. The van der Waals surface area contributed by atoms with Crippen LogP contribution in [0.1, 0.15) is 37.7 Å². The van der Waals surface area contributed by atoms with Crippen molar-refractivity contribution >= 4 is 11.9 Å². The Morgan fingerprint density at radius 3 is 2.46 bits per heavy atom. The van der Waals surface area contributed by atoms with Gasteiger partial charge in [0.15, 0.2) is 0 Å². The number of nitrogens with zero attached hydrogens (tertiary/aromatic N) is 1. The van der Waals surface area contributed by atoms with Gasteiger partial charge in [0.05, 0.1) is 19.8 Å². The van der Waals surface area contributed by atoms with Crippen LogP contribution in [0.2, 0.25) is 0 Å². The quantitative estimate of drug-likeness (QED) is 0.782. The molecule has 3 amide bonds. The molecule has 1 saturated heterocycles. The fraction of sp³-hybridized carbons (Fsp3) is 0.619. The van der Waals surface area contributed by atoms with E-state index < -0.39 is 0 Å². The summed E-state index contributed by atoms with van der Waals surface area (Å²) in [7, 11) is 3.52. The molecule has 28 heavy (non-hydrogen) atoms. The van der Waals surface area contributed by atoms with E-state index in [2.05, 4.69) is 10.6 Å². The van der Waals surface area contributed by atoms with Crippen molar-refractivity contribution in [3.05, 3.63) is 29.8 Å². The maximum atomic E-state index is 12.7. The minimum absolute atomic E-state index is 0.0611. The number of carbonyl (C=O) groups excluding carboxylic acids is 2. The summed E-state index contributed by atoms with van der Waals surface area (Å²) >= 11 is 0. The molecule has 0 aromatic heterocycles. The van der Waals surface area contributed by atoms with Crippen LogP contribution in [0.5, 0.6) is 5.75 Å². The Labute approximate surface area is 166 Å². The summed E-state index contributed by atoms with van der Waals surface area (Å²) in [4.78, 5) is 26.7. The number of amides is 3. The van der Waals surface area contributed by atoms with Crippen molar-refractivity contribution < 1.29 is 19.1 Å². The van der Waals surface area contributed by atoms with Crippen LogP contribution in [0.4, 0.5) is 4.79 Å². The molecule has 2 fully saturated rings. The standard InChI is InChI=1S/C21H31N3O4/c1-24(18-11-12-28-14-18)20(25)16-5-7-17(8-6-16)23-21(26)22-13-15-3-9-19(27-2)10-4-15/h3-4,9-10,16-18H,5-8,11-14H2,1-2H3,(H2,22,23,26)/t16?,17?,18-/m0/s1. The molecule has 0 radical (unpaired) electrons. The maximum Gasteiger partial charge on any atom is 0.315 e. The van der Waals surface area contributed by atoms with Gasteiger partial charge in [0.25, 0.3) is 0 Å². The Hall–Kier alpha value is -2.28. The second-order valence-electron chi connectivity index (χ2n) is 7.69. The van der Waals surface area contributed by atoms with Gasteiger partial charge < -0.3 is 25.0 Å². The third kappa shape index (κ3) is 5.38. The number of hydrogen-bond acceptors (Lipinski definition) is 4. The number of carbonyl (C=O) groups is 2. The van der Waals surface area contributed by atoms with Crippen LogP contribution >= 0.6 is 0 Å². The predicted molar refractivity (Wildman–Crippen MR) is 106 cm³/mol. The lowest BCUT2D eigenvalue weighted by Crippen LogP contribution is -2.46. The molecule has 0 bridgehead atoms. The summed E-state index contributed by atoms with van der Waals surface area (Å²) in [6.07, 6.45) is 4.23. The molecule has 3 rings (SSSR count). The van der Waals surface area contributed by atoms with Crippen LogP contribution in [0.3, 0.4) is 0 Å². The summed E-state index contributed by atoms with van der Waals surface area (Å²) in [6, 6.07) is 7.80. The molecule has 2 N–H and O–H groups in total. The Morgan fingerprint density at radius 2 is 1.86 bits per heavy atom. The smallest absolute Gasteiger partial charge is 0.315 e. The van der Waals surface area contributed by atoms with Gasteiger partial charge in [-0.1, -0.05) is 12.1 Å². The minimum Gasteiger partial charge on any atom is -0.497 e. The number of rotatable bonds is 6. The Morgan fingerprint density at radius 1 is 1.14 bits per heavy atom. The van der Waals surface area contributed by atoms with Crippen LogP contribution in [-0.2, 0) is 16.1 Å². The zero-order chi connectivity index (χ0) is 19.9. The van der Waals surface area contributed by atoms with Crippen molar-refractivity contribution in [2.24, 2.45) is 5.92 Å². The van der Waals surface area contributed by atoms with Gasteiger partial charge in [0.2, 0.25) is 5.91 Å². The fourth-order valence-electron chi connectivity index (χ4n) is 3.94. The molecule has 0 unspecified atom stereocenters. The van der Waals surface area contributed by atoms with E-state index >= 15 is 0 Å². The van der Waals surface area contributed by atoms with Crippen molar-refractivity contribution in [1.82, 2.24) is 15.5 Å². The van der Waals surface area contributed by atoms with E-state index in [9.17, 15) is 9.59 Å². The molecule has 1 aliphatic carbocycles. The highest BCUT2D eigenvalue weighted by Gasteiger charge is 2.32. The summed E-state index contributed by atoms with van der Waals surface area (Å²) in [5.41, 5.74) is 1.02. The average molecular weight is 389 g/mol. The zero-order valence-electron chi connectivity index (χ0n) is 16.8. The normalized spacial score (nSPS) is 24.4. The summed E-state index contributed by atoms with van der Waals surface area (Å²) in [5.74, 6) is 1.08. The SMILES string of the molecule is COc1ccc(CNC(=O)NC2CCC(C(=O)N(C)[C@H]3CCOC3)CC2)cc1. The van der Waals surface area contributed by atoms with Gasteiger partial charge in [-0.05, 0) is 49.8 Å². The largest absolute Gasteiger partial charge is 0.497 e. The highest BCUT2D eigenvalue weighted by atomic mass is 16.5. The molecule has 1 saturated carbocycles. The van der Waals surface area contributed by atoms with Crippen LogP contribution in [0.15, 0.2) is 24.3 Å². The molecule has 1 atom stereocenters. The topological polar surface area (TPSA) is 79.9 Å². The lowest BCUT2D eigenvalue weighted by Gasteiger charge is -2.32. The van der Waals surface area contributed by atoms with E-state index in [0.29, 0.717) is 13.2 Å². The monoisotopic (exact) mass is 389 g/mol. The Balaban J connectivity index is 1.37. The molecule has 154 valence electrons. The Kier molecular flexibility index (Phi) is 7.14. The molecule has 1 aliphatic heterocycles. The first kappa shape index (κ1) is 20.5. The number of urea groups is 1. The highest BCUT2D eigenvalue weighted by molar-refractivity contribution is 5.79. The van der Waals surface area contributed by atoms with E-state index in [1.54, 1.807) is 7.11 Å². The first-order valence-corrected chi connectivity index (χ1v) is 10.1. The van der Waals surface area contributed by atoms with Crippen molar-refractivity contribution in [3.63, 3.8) is 0 Å². The molecule has 7 nitrogen and oxygen atoms in total. The van der Waals surface area contributed by atoms with Crippen molar-refractivity contribution in [2.75, 3.05) is 27.4 Å². The number of nitrogens with one attached hydrogen (secondary N) is 2. The number of ether oxygens (including phenoxy) is 2. The number of hydrogen-bond donors (Lipinski definition) is 2. The number of likely N-dealkylation sites (N-methyl/N-ethyl adjacent to an activating group) is 1. The zero-order valence-corrected chi connectivity index (χ0v) is 16.8. The third-order valence-corrected chi connectivity index (χ3v) is 5.82. The fourth-order valence-corrected chi connectivity index (χ4v) is 3.94. The molecular weight excluding hydrogens is 358 g/mol. The first-order chi connectivity index (χ1) is 13.6. The summed E-state index contributed by atoms with van der Waals surface area (Å²) in [6.45, 7) is 1.86. The van der Waals surface area contributed by atoms with Crippen molar-refractivity contribution in [3.8, 4) is 5.75 Å². The lowest BCUT2D eigenvalue weighted by molar-refractivity contribution is -0.137. The van der Waals surface area contributed by atoms with E-state index in [0.717, 1.165) is 50.0 Å². The second-order valence-corrected chi connectivity index (χ2v) is 7.69. The maximum absolute atomic E-state index is 12.7. The van der Waals surface area contributed by atoms with Crippen LogP contribution in [0.25, 0.3) is 0 Å². The molecule has 1 heterocycles. The lowest BCUT2D eigenvalue weighted by atomic mass is 9.85. The highest BCUT2D eigenvalue weighted by Crippen LogP contribution is 2.27. The van der Waals surface area contributed by atoms with Gasteiger partial charge in [-0.3, -0.25) is 4.79 Å². The van der Waals surface area contributed by atoms with Gasteiger partial charge in [-0.25, -0.2) is 4.79 Å². The van der Waals surface area contributed by atoms with Crippen molar-refractivity contribution in [1.29, 1.82) is 0 Å². The van der Waals surface area contributed by atoms with Crippen molar-refractivity contribution in [2.45, 2.75) is 50.7 Å². The van der Waals surface area contributed by atoms with E-state index in [-0.39, 0.29) is 29.9 Å². The van der Waals surface area contributed by atoms with Gasteiger partial charge in [0, 0.05) is 32.2 Å². The first-order valence-electron chi connectivity index (χ1n) is 10.1. The van der Waals surface area contributed by atoms with E-state index in [4.69, 9.17) is 9.47 Å². The minimum atomic E-state index is -0.161. The predicted octanol–water partition coefficient (Wildman–Crippen LogP) is 2.30. The summed E-state index contributed by atoms with van der Waals surface area (Å²) < 4.78 is 10.5. The van der Waals surface area contributed by atoms with E-state index in [1.165, 1.54) is 0 Å². The van der Waals surface area contributed by atoms with Crippen LogP contribution in [0, 0.1) is 5.92 Å². The molecule has 0 spiro atoms.